The van der Waals surface area contributed by atoms with Gasteiger partial charge in [0, 0.05) is 26.2 Å². The second kappa shape index (κ2) is 6.79. The fraction of sp³-hybridized carbons (Fsp3) is 0.316. The summed E-state index contributed by atoms with van der Waals surface area (Å²) in [6, 6.07) is 9.87. The van der Waals surface area contributed by atoms with Crippen LogP contribution in [0.25, 0.3) is 10.9 Å². The van der Waals surface area contributed by atoms with Gasteiger partial charge in [-0.25, -0.2) is 9.67 Å². The number of nitrogens with zero attached hydrogens (tertiary/aromatic N) is 5. The van der Waals surface area contributed by atoms with Crippen LogP contribution in [-0.2, 0) is 7.05 Å². The van der Waals surface area contributed by atoms with E-state index in [1.165, 1.54) is 19.2 Å². The SMILES string of the molecule is Cn1nc(C(=O)N2CCC[C@H](n3cnc4ccccc4c3=O)C2)ccc1=O. The number of aryl methyl sites for hydroxylation is 1. The number of hydrogen-bond acceptors (Lipinski definition) is 5. The number of amides is 1. The van der Waals surface area contributed by atoms with E-state index in [-0.39, 0.29) is 28.8 Å². The van der Waals surface area contributed by atoms with E-state index >= 15 is 0 Å². The Morgan fingerprint density at radius 3 is 2.78 bits per heavy atom. The molecule has 0 N–H and O–H groups in total. The molecule has 138 valence electrons. The minimum Gasteiger partial charge on any atom is -0.335 e. The van der Waals surface area contributed by atoms with Gasteiger partial charge in [-0.1, -0.05) is 12.1 Å². The van der Waals surface area contributed by atoms with Gasteiger partial charge in [0.15, 0.2) is 0 Å². The molecular weight excluding hydrogens is 346 g/mol. The number of carbonyl (C=O) groups is 1. The van der Waals surface area contributed by atoms with E-state index in [0.29, 0.717) is 24.0 Å². The number of likely N-dealkylation sites (tertiary alicyclic amines) is 1. The molecule has 1 aliphatic heterocycles. The molecule has 4 rings (SSSR count). The molecule has 0 radical (unpaired) electrons. The molecule has 8 nitrogen and oxygen atoms in total. The predicted octanol–water partition coefficient (Wildman–Crippen LogP) is 0.967. The summed E-state index contributed by atoms with van der Waals surface area (Å²) in [7, 11) is 1.51. The molecule has 0 bridgehead atoms. The van der Waals surface area contributed by atoms with Crippen molar-refractivity contribution in [3.8, 4) is 0 Å². The quantitative estimate of drug-likeness (QED) is 0.675. The van der Waals surface area contributed by atoms with Crippen molar-refractivity contribution in [1.29, 1.82) is 0 Å². The zero-order chi connectivity index (χ0) is 19.0. The highest BCUT2D eigenvalue weighted by Crippen LogP contribution is 2.21. The van der Waals surface area contributed by atoms with Crippen LogP contribution in [-0.4, -0.2) is 43.2 Å². The minimum atomic E-state index is -0.267. The Hall–Kier alpha value is -3.29. The lowest BCUT2D eigenvalue weighted by molar-refractivity contribution is 0.0668. The van der Waals surface area contributed by atoms with Crippen LogP contribution in [0, 0.1) is 0 Å². The van der Waals surface area contributed by atoms with Gasteiger partial charge in [-0.3, -0.25) is 19.0 Å². The van der Waals surface area contributed by atoms with Gasteiger partial charge < -0.3 is 4.90 Å². The summed E-state index contributed by atoms with van der Waals surface area (Å²) in [5.41, 5.74) is 0.524. The molecule has 1 saturated heterocycles. The molecule has 1 aliphatic rings. The normalized spacial score (nSPS) is 17.2. The molecule has 0 spiro atoms. The van der Waals surface area contributed by atoms with Crippen LogP contribution >= 0.6 is 0 Å². The highest BCUT2D eigenvalue weighted by Gasteiger charge is 2.27. The molecular formula is C19H19N5O3. The van der Waals surface area contributed by atoms with Gasteiger partial charge in [0.05, 0.1) is 23.3 Å². The molecule has 1 amide bonds. The Morgan fingerprint density at radius 1 is 1.15 bits per heavy atom. The first-order chi connectivity index (χ1) is 13.0. The van der Waals surface area contributed by atoms with E-state index in [4.69, 9.17) is 0 Å². The number of benzene rings is 1. The summed E-state index contributed by atoms with van der Waals surface area (Å²) >= 11 is 0. The molecule has 0 aliphatic carbocycles. The largest absolute Gasteiger partial charge is 0.335 e. The van der Waals surface area contributed by atoms with Crippen molar-refractivity contribution < 1.29 is 4.79 Å². The van der Waals surface area contributed by atoms with E-state index in [9.17, 15) is 14.4 Å². The first-order valence-electron chi connectivity index (χ1n) is 8.84. The van der Waals surface area contributed by atoms with E-state index < -0.39 is 0 Å². The van der Waals surface area contributed by atoms with Crippen LogP contribution in [0.3, 0.4) is 0 Å². The predicted molar refractivity (Wildman–Crippen MR) is 99.7 cm³/mol. The third kappa shape index (κ3) is 3.14. The van der Waals surface area contributed by atoms with Crippen LogP contribution in [0.2, 0.25) is 0 Å². The second-order valence-corrected chi connectivity index (χ2v) is 6.70. The fourth-order valence-electron chi connectivity index (χ4n) is 3.49. The fourth-order valence-corrected chi connectivity index (χ4v) is 3.49. The van der Waals surface area contributed by atoms with Crippen molar-refractivity contribution >= 4 is 16.8 Å². The molecule has 3 heterocycles. The van der Waals surface area contributed by atoms with E-state index in [1.54, 1.807) is 21.9 Å². The van der Waals surface area contributed by atoms with Gasteiger partial charge in [0.2, 0.25) is 0 Å². The van der Waals surface area contributed by atoms with Gasteiger partial charge in [-0.2, -0.15) is 5.10 Å². The summed E-state index contributed by atoms with van der Waals surface area (Å²) in [5.74, 6) is -0.239. The second-order valence-electron chi connectivity index (χ2n) is 6.70. The number of rotatable bonds is 2. The summed E-state index contributed by atoms with van der Waals surface area (Å²) in [6.45, 7) is 0.999. The first kappa shape index (κ1) is 17.1. The maximum absolute atomic E-state index is 12.8. The van der Waals surface area contributed by atoms with E-state index in [2.05, 4.69) is 10.1 Å². The Balaban J connectivity index is 1.62. The molecule has 0 unspecified atom stereocenters. The number of hydrogen-bond donors (Lipinski definition) is 0. The summed E-state index contributed by atoms with van der Waals surface area (Å²) in [5, 5.41) is 4.61. The van der Waals surface area contributed by atoms with Crippen LogP contribution in [0.4, 0.5) is 0 Å². The number of carbonyl (C=O) groups excluding carboxylic acids is 1. The Kier molecular flexibility index (Phi) is 4.31. The number of para-hydroxylation sites is 1. The average molecular weight is 365 g/mol. The molecule has 1 aromatic carbocycles. The molecule has 27 heavy (non-hydrogen) atoms. The molecule has 1 atom stereocenters. The third-order valence-electron chi connectivity index (χ3n) is 4.95. The Bertz CT molecular complexity index is 1130. The maximum atomic E-state index is 12.8. The molecule has 8 heteroatoms. The topological polar surface area (TPSA) is 90.1 Å². The van der Waals surface area contributed by atoms with Crippen molar-refractivity contribution in [3.63, 3.8) is 0 Å². The van der Waals surface area contributed by atoms with Gasteiger partial charge in [-0.05, 0) is 31.0 Å². The van der Waals surface area contributed by atoms with Crippen molar-refractivity contribution in [3.05, 3.63) is 69.1 Å². The Labute approximate surface area is 154 Å². The molecule has 3 aromatic rings. The smallest absolute Gasteiger partial charge is 0.274 e. The molecule has 0 saturated carbocycles. The van der Waals surface area contributed by atoms with Crippen LogP contribution in [0.15, 0.2) is 52.3 Å². The minimum absolute atomic E-state index is 0.0971. The van der Waals surface area contributed by atoms with Crippen LogP contribution in [0.5, 0.6) is 0 Å². The zero-order valence-corrected chi connectivity index (χ0v) is 14.9. The van der Waals surface area contributed by atoms with Crippen molar-refractivity contribution in [2.24, 2.45) is 7.05 Å². The number of fused-ring (bicyclic) bond motifs is 1. The molecule has 1 fully saturated rings. The number of aromatic nitrogens is 4. The van der Waals surface area contributed by atoms with Crippen molar-refractivity contribution in [2.45, 2.75) is 18.9 Å². The lowest BCUT2D eigenvalue weighted by atomic mass is 10.0. The summed E-state index contributed by atoms with van der Waals surface area (Å²) < 4.78 is 2.77. The first-order valence-corrected chi connectivity index (χ1v) is 8.84. The van der Waals surface area contributed by atoms with Crippen LogP contribution in [0.1, 0.15) is 29.4 Å². The highest BCUT2D eigenvalue weighted by molar-refractivity contribution is 5.92. The zero-order valence-electron chi connectivity index (χ0n) is 14.9. The Morgan fingerprint density at radius 2 is 1.96 bits per heavy atom. The van der Waals surface area contributed by atoms with Crippen molar-refractivity contribution in [1.82, 2.24) is 24.2 Å². The van der Waals surface area contributed by atoms with Gasteiger partial charge in [-0.15, -0.1) is 0 Å². The lowest BCUT2D eigenvalue weighted by Crippen LogP contribution is -2.43. The van der Waals surface area contributed by atoms with E-state index in [1.807, 2.05) is 18.2 Å². The monoisotopic (exact) mass is 365 g/mol. The van der Waals surface area contributed by atoms with E-state index in [0.717, 1.165) is 17.5 Å². The maximum Gasteiger partial charge on any atom is 0.274 e. The molecule has 2 aromatic heterocycles. The summed E-state index contributed by atoms with van der Waals surface area (Å²) in [4.78, 5) is 43.1. The van der Waals surface area contributed by atoms with Gasteiger partial charge in [0.25, 0.3) is 17.0 Å². The average Bonchev–Trinajstić information content (AvgIpc) is 2.70. The standard InChI is InChI=1S/C19H19N5O3/c1-22-17(25)9-8-16(21-22)19(27)23-10-4-5-13(11-23)24-12-20-15-7-3-2-6-14(15)18(24)26/h2-3,6-9,12-13H,4-5,10-11H2,1H3/t13-/m0/s1. The van der Waals surface area contributed by atoms with Gasteiger partial charge in [0.1, 0.15) is 5.69 Å². The highest BCUT2D eigenvalue weighted by atomic mass is 16.2. The van der Waals surface area contributed by atoms with Gasteiger partial charge >= 0.3 is 0 Å². The summed E-state index contributed by atoms with van der Waals surface area (Å²) in [6.07, 6.45) is 3.14. The number of piperidine rings is 1. The van der Waals surface area contributed by atoms with Crippen LogP contribution < -0.4 is 11.1 Å². The lowest BCUT2D eigenvalue weighted by Gasteiger charge is -2.33. The third-order valence-corrected chi connectivity index (χ3v) is 4.95. The van der Waals surface area contributed by atoms with Crippen molar-refractivity contribution in [2.75, 3.05) is 13.1 Å².